The van der Waals surface area contributed by atoms with Gasteiger partial charge >= 0.3 is 10.2 Å². The van der Waals surface area contributed by atoms with Crippen molar-refractivity contribution in [1.82, 2.24) is 23.8 Å². The Morgan fingerprint density at radius 3 is 2.53 bits per heavy atom. The second-order valence-electron chi connectivity index (χ2n) is 14.1. The number of hydrogen-bond acceptors (Lipinski definition) is 7. The van der Waals surface area contributed by atoms with E-state index in [2.05, 4.69) is 38.9 Å². The van der Waals surface area contributed by atoms with E-state index in [0.29, 0.717) is 50.8 Å². The first-order valence-electron chi connectivity index (χ1n) is 16.9. The molecule has 1 aromatic heterocycles. The van der Waals surface area contributed by atoms with Crippen LogP contribution in [0.4, 0.5) is 0 Å². The third-order valence-corrected chi connectivity index (χ3v) is 12.4. The van der Waals surface area contributed by atoms with Gasteiger partial charge in [-0.2, -0.15) is 12.7 Å². The SMILES string of the molecule is COc1ccc(C2CCCCC2)c2c1cc1n2CC2=C(C(=O)NS(=O)(=O)N(C)C)C2=C2C=CC[C@@H](C(=O)N3CC4COCC(C3)N4)C21. The summed E-state index contributed by atoms with van der Waals surface area (Å²) in [5.74, 6) is 0.00454. The van der Waals surface area contributed by atoms with E-state index in [4.69, 9.17) is 9.47 Å². The van der Waals surface area contributed by atoms with E-state index in [1.54, 1.807) is 7.11 Å². The molecule has 6 aliphatic rings. The van der Waals surface area contributed by atoms with Gasteiger partial charge in [-0.15, -0.1) is 0 Å². The van der Waals surface area contributed by atoms with E-state index in [0.717, 1.165) is 56.2 Å². The summed E-state index contributed by atoms with van der Waals surface area (Å²) in [7, 11) is 0.496. The molecule has 2 amide bonds. The summed E-state index contributed by atoms with van der Waals surface area (Å²) in [4.78, 5) is 30.2. The third-order valence-electron chi connectivity index (χ3n) is 11.0. The molecule has 11 nitrogen and oxygen atoms in total. The Labute approximate surface area is 275 Å². The van der Waals surface area contributed by atoms with Gasteiger partial charge in [0.25, 0.3) is 5.91 Å². The number of allylic oxidation sites excluding steroid dienone is 4. The topological polar surface area (TPSA) is 122 Å². The molecule has 0 radical (unpaired) electrons. The number of methoxy groups -OCH3 is 1. The molecule has 3 aliphatic heterocycles. The minimum atomic E-state index is -3.99. The second-order valence-corrected chi connectivity index (χ2v) is 16.0. The maximum absolute atomic E-state index is 14.6. The summed E-state index contributed by atoms with van der Waals surface area (Å²) in [5.41, 5.74) is 6.37. The standard InChI is InChI=1S/C35H43N5O6S/c1-38(2)47(43,44)37-34(41)32-27-17-40-28(14-26-29(45-3)13-12-23(33(26)40)20-8-5-4-6-9-20)30-24(31(27)32)10-7-11-25(30)35(42)39-15-21-18-46-19-22(16-39)36-21/h7,10,12-14,20-22,25,30,36H,4-6,8-9,11,15-19H2,1-3H3,(H,37,41)/t21?,22?,25-,30?/m1/s1. The van der Waals surface area contributed by atoms with Crippen molar-refractivity contribution in [3.05, 3.63) is 63.9 Å². The number of benzene rings is 1. The summed E-state index contributed by atoms with van der Waals surface area (Å²) in [6.45, 7) is 2.79. The van der Waals surface area contributed by atoms with E-state index in [1.165, 1.54) is 38.9 Å². The summed E-state index contributed by atoms with van der Waals surface area (Å²) < 4.78 is 42.7. The van der Waals surface area contributed by atoms with Crippen molar-refractivity contribution in [1.29, 1.82) is 0 Å². The molecular formula is C35H43N5O6S. The number of aromatic nitrogens is 1. The zero-order chi connectivity index (χ0) is 32.6. The van der Waals surface area contributed by atoms with Crippen molar-refractivity contribution in [3.8, 4) is 5.75 Å². The highest BCUT2D eigenvalue weighted by molar-refractivity contribution is 7.87. The maximum atomic E-state index is 14.6. The zero-order valence-electron chi connectivity index (χ0n) is 27.3. The number of nitrogens with zero attached hydrogens (tertiary/aromatic N) is 3. The van der Waals surface area contributed by atoms with Gasteiger partial charge in [0.05, 0.1) is 37.3 Å². The lowest BCUT2D eigenvalue weighted by Crippen LogP contribution is -2.64. The molecule has 4 heterocycles. The van der Waals surface area contributed by atoms with Crippen LogP contribution in [0.15, 0.2) is 52.6 Å². The van der Waals surface area contributed by atoms with Crippen molar-refractivity contribution in [2.24, 2.45) is 5.92 Å². The predicted octanol–water partition coefficient (Wildman–Crippen LogP) is 3.10. The van der Waals surface area contributed by atoms with Crippen LogP contribution in [0.5, 0.6) is 5.75 Å². The highest BCUT2D eigenvalue weighted by atomic mass is 32.2. The number of fused-ring (bicyclic) bond motifs is 8. The van der Waals surface area contributed by atoms with Gasteiger partial charge < -0.3 is 24.3 Å². The number of piperazine rings is 1. The predicted molar refractivity (Wildman–Crippen MR) is 177 cm³/mol. The van der Waals surface area contributed by atoms with E-state index in [9.17, 15) is 18.0 Å². The molecule has 0 spiro atoms. The first-order valence-corrected chi connectivity index (χ1v) is 18.3. The van der Waals surface area contributed by atoms with Crippen molar-refractivity contribution in [3.63, 3.8) is 0 Å². The molecule has 47 heavy (non-hydrogen) atoms. The maximum Gasteiger partial charge on any atom is 0.303 e. The van der Waals surface area contributed by atoms with Crippen molar-refractivity contribution < 1.29 is 27.5 Å². The number of ether oxygens (including phenoxy) is 2. The molecule has 3 fully saturated rings. The van der Waals surface area contributed by atoms with E-state index in [1.807, 2.05) is 11.0 Å². The highest BCUT2D eigenvalue weighted by Gasteiger charge is 2.49. The lowest BCUT2D eigenvalue weighted by atomic mass is 9.75. The quantitative estimate of drug-likeness (QED) is 0.488. The monoisotopic (exact) mass is 661 g/mol. The molecular weight excluding hydrogens is 618 g/mol. The van der Waals surface area contributed by atoms with Crippen molar-refractivity contribution in [2.45, 2.75) is 69.0 Å². The molecule has 3 aliphatic carbocycles. The smallest absolute Gasteiger partial charge is 0.303 e. The molecule has 250 valence electrons. The Hall–Kier alpha value is -3.45. The first kappa shape index (κ1) is 30.9. The molecule has 2 saturated heterocycles. The van der Waals surface area contributed by atoms with Gasteiger partial charge in [0.1, 0.15) is 5.75 Å². The molecule has 2 bridgehead atoms. The summed E-state index contributed by atoms with van der Waals surface area (Å²) in [6, 6.07) is 6.70. The highest BCUT2D eigenvalue weighted by Crippen LogP contribution is 2.55. The molecule has 12 heteroatoms. The third kappa shape index (κ3) is 5.15. The fraction of sp³-hybridized carbons (Fsp3) is 0.543. The number of carbonyl (C=O) groups is 2. The second kappa shape index (κ2) is 11.6. The molecule has 2 N–H and O–H groups in total. The summed E-state index contributed by atoms with van der Waals surface area (Å²) >= 11 is 0. The molecule has 1 aromatic carbocycles. The number of rotatable bonds is 6. The Bertz CT molecular complexity index is 1860. The van der Waals surface area contributed by atoms with Gasteiger partial charge in [0, 0.05) is 62.8 Å². The zero-order valence-corrected chi connectivity index (χ0v) is 28.1. The average molecular weight is 662 g/mol. The van der Waals surface area contributed by atoms with Crippen LogP contribution in [-0.4, -0.2) is 93.6 Å². The van der Waals surface area contributed by atoms with Crippen LogP contribution in [0.1, 0.15) is 61.6 Å². The van der Waals surface area contributed by atoms with Gasteiger partial charge in [0.15, 0.2) is 0 Å². The largest absolute Gasteiger partial charge is 0.496 e. The van der Waals surface area contributed by atoms with Gasteiger partial charge in [-0.05, 0) is 59.6 Å². The number of hydrogen-bond donors (Lipinski definition) is 2. The summed E-state index contributed by atoms with van der Waals surface area (Å²) in [6.07, 6.45) is 10.6. The number of nitrogens with one attached hydrogen (secondary N) is 2. The fourth-order valence-corrected chi connectivity index (χ4v) is 9.30. The minimum Gasteiger partial charge on any atom is -0.496 e. The summed E-state index contributed by atoms with van der Waals surface area (Å²) in [5, 5.41) is 4.60. The lowest BCUT2D eigenvalue weighted by Gasteiger charge is -2.44. The Morgan fingerprint density at radius 2 is 1.83 bits per heavy atom. The van der Waals surface area contributed by atoms with Gasteiger partial charge in [0.2, 0.25) is 5.91 Å². The van der Waals surface area contributed by atoms with Gasteiger partial charge in [-0.1, -0.05) is 37.5 Å². The minimum absolute atomic E-state index is 0.108. The van der Waals surface area contributed by atoms with Crippen LogP contribution >= 0.6 is 0 Å². The van der Waals surface area contributed by atoms with Crippen molar-refractivity contribution in [2.75, 3.05) is 47.5 Å². The fourth-order valence-electron chi connectivity index (χ4n) is 8.78. The van der Waals surface area contributed by atoms with Gasteiger partial charge in [-0.3, -0.25) is 9.59 Å². The lowest BCUT2D eigenvalue weighted by molar-refractivity contribution is -0.140. The molecule has 4 atom stereocenters. The van der Waals surface area contributed by atoms with Crippen LogP contribution in [-0.2, 0) is 31.1 Å². The van der Waals surface area contributed by atoms with E-state index in [-0.39, 0.29) is 29.8 Å². The van der Waals surface area contributed by atoms with Crippen LogP contribution in [0.3, 0.4) is 0 Å². The van der Waals surface area contributed by atoms with Crippen molar-refractivity contribution >= 4 is 32.9 Å². The van der Waals surface area contributed by atoms with Crippen LogP contribution < -0.4 is 14.8 Å². The van der Waals surface area contributed by atoms with E-state index < -0.39 is 16.1 Å². The molecule has 3 unspecified atom stereocenters. The van der Waals surface area contributed by atoms with Crippen LogP contribution in [0.2, 0.25) is 0 Å². The van der Waals surface area contributed by atoms with Crippen LogP contribution in [0.25, 0.3) is 10.9 Å². The Kier molecular flexibility index (Phi) is 7.62. The average Bonchev–Trinajstić information content (AvgIpc) is 3.70. The molecule has 1 saturated carbocycles. The van der Waals surface area contributed by atoms with E-state index >= 15 is 0 Å². The van der Waals surface area contributed by atoms with Gasteiger partial charge in [-0.25, -0.2) is 4.72 Å². The first-order chi connectivity index (χ1) is 22.7. The Balaban J connectivity index is 1.28. The number of carbonyl (C=O) groups excluding carboxylic acids is 2. The molecule has 8 rings (SSSR count). The number of morpholine rings is 1. The van der Waals surface area contributed by atoms with Crippen LogP contribution in [0, 0.1) is 5.92 Å². The normalized spacial score (nSPS) is 27.4. The number of amides is 2. The Morgan fingerprint density at radius 1 is 1.09 bits per heavy atom. The molecule has 2 aromatic rings.